The van der Waals surface area contributed by atoms with Crippen LogP contribution in [0.1, 0.15) is 6.42 Å². The molecule has 1 aromatic carbocycles. The molecule has 1 aliphatic heterocycles. The van der Waals surface area contributed by atoms with E-state index in [9.17, 15) is 9.59 Å². The van der Waals surface area contributed by atoms with Crippen molar-refractivity contribution in [3.63, 3.8) is 0 Å². The Bertz CT molecular complexity index is 566. The molecule has 0 saturated carbocycles. The maximum absolute atomic E-state index is 12.1. The summed E-state index contributed by atoms with van der Waals surface area (Å²) >= 11 is 11.8. The summed E-state index contributed by atoms with van der Waals surface area (Å²) in [6.45, 7) is 0.751. The molecule has 22 heavy (non-hydrogen) atoms. The maximum Gasteiger partial charge on any atom is 0.306 e. The molecule has 0 radical (unpaired) electrons. The summed E-state index contributed by atoms with van der Waals surface area (Å²) < 4.78 is 10.7. The van der Waals surface area contributed by atoms with Gasteiger partial charge in [-0.1, -0.05) is 23.2 Å². The number of rotatable bonds is 5. The highest BCUT2D eigenvalue weighted by molar-refractivity contribution is 6.34. The molecule has 0 aliphatic carbocycles. The van der Waals surface area contributed by atoms with Gasteiger partial charge in [-0.3, -0.25) is 9.59 Å². The lowest BCUT2D eigenvalue weighted by Gasteiger charge is -2.32. The van der Waals surface area contributed by atoms with Crippen LogP contribution in [-0.4, -0.2) is 54.3 Å². The van der Waals surface area contributed by atoms with Gasteiger partial charge in [0.15, 0.2) is 6.61 Å². The molecule has 1 unspecified atom stereocenters. The number of carboxylic acid groups (broad SMARTS) is 1. The molecule has 1 atom stereocenters. The zero-order valence-electron chi connectivity index (χ0n) is 11.6. The molecule has 0 bridgehead atoms. The first-order chi connectivity index (χ1) is 10.5. The maximum atomic E-state index is 12.1. The summed E-state index contributed by atoms with van der Waals surface area (Å²) in [5.74, 6) is -0.881. The summed E-state index contributed by atoms with van der Waals surface area (Å²) in [5.41, 5.74) is 0. The van der Waals surface area contributed by atoms with Crippen molar-refractivity contribution in [1.82, 2.24) is 4.90 Å². The predicted molar refractivity (Wildman–Crippen MR) is 80.5 cm³/mol. The molecule has 1 heterocycles. The molecule has 120 valence electrons. The fourth-order valence-corrected chi connectivity index (χ4v) is 2.42. The number of carbonyl (C=O) groups excluding carboxylic acids is 1. The van der Waals surface area contributed by atoms with Crippen molar-refractivity contribution in [3.8, 4) is 5.75 Å². The van der Waals surface area contributed by atoms with Crippen molar-refractivity contribution < 1.29 is 24.2 Å². The molecule has 1 saturated heterocycles. The van der Waals surface area contributed by atoms with Gasteiger partial charge in [-0.15, -0.1) is 0 Å². The molecule has 8 heteroatoms. The van der Waals surface area contributed by atoms with Crippen molar-refractivity contribution in [2.75, 3.05) is 26.3 Å². The van der Waals surface area contributed by atoms with E-state index < -0.39 is 12.1 Å². The first-order valence-corrected chi connectivity index (χ1v) is 7.40. The Morgan fingerprint density at radius 3 is 2.91 bits per heavy atom. The van der Waals surface area contributed by atoms with E-state index in [1.165, 1.54) is 11.0 Å². The third kappa shape index (κ3) is 4.76. The van der Waals surface area contributed by atoms with E-state index in [0.29, 0.717) is 28.9 Å². The first-order valence-electron chi connectivity index (χ1n) is 6.64. The summed E-state index contributed by atoms with van der Waals surface area (Å²) in [6, 6.07) is 4.74. The van der Waals surface area contributed by atoms with E-state index in [0.717, 1.165) is 0 Å². The van der Waals surface area contributed by atoms with Crippen LogP contribution < -0.4 is 4.74 Å². The van der Waals surface area contributed by atoms with E-state index in [-0.39, 0.29) is 25.5 Å². The van der Waals surface area contributed by atoms with Gasteiger partial charge in [-0.05, 0) is 12.1 Å². The Kier molecular flexibility index (Phi) is 5.88. The van der Waals surface area contributed by atoms with Crippen LogP contribution in [0.5, 0.6) is 5.75 Å². The van der Waals surface area contributed by atoms with Crippen molar-refractivity contribution in [2.45, 2.75) is 12.5 Å². The predicted octanol–water partition coefficient (Wildman–Crippen LogP) is 2.07. The monoisotopic (exact) mass is 347 g/mol. The summed E-state index contributed by atoms with van der Waals surface area (Å²) in [4.78, 5) is 24.3. The van der Waals surface area contributed by atoms with Crippen molar-refractivity contribution in [1.29, 1.82) is 0 Å². The minimum Gasteiger partial charge on any atom is -0.482 e. The van der Waals surface area contributed by atoms with Gasteiger partial charge < -0.3 is 19.5 Å². The quantitative estimate of drug-likeness (QED) is 0.882. The van der Waals surface area contributed by atoms with Crippen LogP contribution in [0.25, 0.3) is 0 Å². The van der Waals surface area contributed by atoms with Crippen LogP contribution in [0.3, 0.4) is 0 Å². The number of carbonyl (C=O) groups is 2. The van der Waals surface area contributed by atoms with Crippen LogP contribution in [0.4, 0.5) is 0 Å². The summed E-state index contributed by atoms with van der Waals surface area (Å²) in [5, 5.41) is 9.59. The fourth-order valence-electron chi connectivity index (χ4n) is 2.08. The number of hydrogen-bond acceptors (Lipinski definition) is 4. The van der Waals surface area contributed by atoms with Crippen LogP contribution in [0, 0.1) is 0 Å². The molecule has 1 aliphatic rings. The van der Waals surface area contributed by atoms with Crippen molar-refractivity contribution >= 4 is 35.1 Å². The van der Waals surface area contributed by atoms with Gasteiger partial charge in [0.2, 0.25) is 0 Å². The van der Waals surface area contributed by atoms with Crippen LogP contribution in [0.2, 0.25) is 10.0 Å². The summed E-state index contributed by atoms with van der Waals surface area (Å²) in [7, 11) is 0. The van der Waals surface area contributed by atoms with E-state index in [1.807, 2.05) is 0 Å². The minimum atomic E-state index is -0.957. The van der Waals surface area contributed by atoms with Gasteiger partial charge >= 0.3 is 5.97 Å². The van der Waals surface area contributed by atoms with E-state index >= 15 is 0 Å². The van der Waals surface area contributed by atoms with E-state index in [4.69, 9.17) is 37.8 Å². The molecular weight excluding hydrogens is 333 g/mol. The fraction of sp³-hybridized carbons (Fsp3) is 0.429. The molecule has 1 N–H and O–H groups in total. The molecule has 1 amide bonds. The van der Waals surface area contributed by atoms with Gasteiger partial charge in [0.1, 0.15) is 5.75 Å². The lowest BCUT2D eigenvalue weighted by atomic mass is 10.2. The molecule has 0 aromatic heterocycles. The zero-order chi connectivity index (χ0) is 16.1. The van der Waals surface area contributed by atoms with Crippen molar-refractivity contribution in [3.05, 3.63) is 28.2 Å². The normalized spacial score (nSPS) is 18.1. The first kappa shape index (κ1) is 16.9. The van der Waals surface area contributed by atoms with E-state index in [2.05, 4.69) is 0 Å². The van der Waals surface area contributed by atoms with Gasteiger partial charge in [-0.25, -0.2) is 0 Å². The standard InChI is InChI=1S/C14H15Cl2NO5/c15-9-1-2-11(16)12(5-9)22-8-13(18)17-3-4-21-10(7-17)6-14(19)20/h1-2,5,10H,3-4,6-8H2,(H,19,20). The number of aliphatic carboxylic acids is 1. The molecule has 1 fully saturated rings. The van der Waals surface area contributed by atoms with Crippen LogP contribution >= 0.6 is 23.2 Å². The third-order valence-electron chi connectivity index (χ3n) is 3.14. The molecule has 6 nitrogen and oxygen atoms in total. The minimum absolute atomic E-state index is 0.134. The third-order valence-corrected chi connectivity index (χ3v) is 3.69. The van der Waals surface area contributed by atoms with E-state index in [1.54, 1.807) is 12.1 Å². The molecule has 1 aromatic rings. The highest BCUT2D eigenvalue weighted by Gasteiger charge is 2.26. The average molecular weight is 348 g/mol. The number of hydrogen-bond donors (Lipinski definition) is 1. The second-order valence-corrected chi connectivity index (χ2v) is 5.64. The number of amides is 1. The van der Waals surface area contributed by atoms with Gasteiger partial charge in [0.25, 0.3) is 5.91 Å². The highest BCUT2D eigenvalue weighted by atomic mass is 35.5. The molecule has 2 rings (SSSR count). The topological polar surface area (TPSA) is 76.1 Å². The Morgan fingerprint density at radius 1 is 1.41 bits per heavy atom. The number of halogens is 2. The molecular formula is C14H15Cl2NO5. The van der Waals surface area contributed by atoms with Gasteiger partial charge in [0.05, 0.1) is 24.2 Å². The smallest absolute Gasteiger partial charge is 0.306 e. The second kappa shape index (κ2) is 7.67. The number of carboxylic acids is 1. The van der Waals surface area contributed by atoms with Crippen LogP contribution in [0.15, 0.2) is 18.2 Å². The SMILES string of the molecule is O=C(O)CC1CN(C(=O)COc2cc(Cl)ccc2Cl)CCO1. The highest BCUT2D eigenvalue weighted by Crippen LogP contribution is 2.27. The number of benzene rings is 1. The zero-order valence-corrected chi connectivity index (χ0v) is 13.1. The average Bonchev–Trinajstić information content (AvgIpc) is 2.47. The Balaban J connectivity index is 1.89. The lowest BCUT2D eigenvalue weighted by Crippen LogP contribution is -2.47. The molecule has 0 spiro atoms. The Morgan fingerprint density at radius 2 is 2.18 bits per heavy atom. The van der Waals surface area contributed by atoms with Crippen LogP contribution in [-0.2, 0) is 14.3 Å². The second-order valence-electron chi connectivity index (χ2n) is 4.79. The number of nitrogens with zero attached hydrogens (tertiary/aromatic N) is 1. The number of ether oxygens (including phenoxy) is 2. The van der Waals surface area contributed by atoms with Crippen molar-refractivity contribution in [2.24, 2.45) is 0 Å². The lowest BCUT2D eigenvalue weighted by molar-refractivity contribution is -0.148. The van der Waals surface area contributed by atoms with Gasteiger partial charge in [-0.2, -0.15) is 0 Å². The Labute approximate surface area is 137 Å². The largest absolute Gasteiger partial charge is 0.482 e. The summed E-state index contributed by atoms with van der Waals surface area (Å²) in [6.07, 6.45) is -0.630. The number of morpholine rings is 1. The van der Waals surface area contributed by atoms with Gasteiger partial charge in [0, 0.05) is 24.2 Å². The Hall–Kier alpha value is -1.50.